The molecule has 1 fully saturated rings. The zero-order valence-corrected chi connectivity index (χ0v) is 20.9. The summed E-state index contributed by atoms with van der Waals surface area (Å²) >= 11 is 0. The standard InChI is InChI=1S/C26H21F4N3O5S/c27-18-4-6-23-16(10-18)12-24(38-23)39(36,37)33-9-1-2-21(33)25(35)32-14-19-11-15(7-8-31-19)20-5-3-17(13-22(20)34)26(28,29)30/h3-8,10-13,21,34H,1-2,9,14H2,(H,32,35)/t21-/m0/s1. The number of carbonyl (C=O) groups is 1. The summed E-state index contributed by atoms with van der Waals surface area (Å²) in [6.07, 6.45) is -2.52. The second kappa shape index (κ2) is 9.97. The van der Waals surface area contributed by atoms with E-state index >= 15 is 0 Å². The van der Waals surface area contributed by atoms with Gasteiger partial charge in [-0.3, -0.25) is 9.78 Å². The summed E-state index contributed by atoms with van der Waals surface area (Å²) in [7, 11) is -4.19. The van der Waals surface area contributed by atoms with Gasteiger partial charge in [0.2, 0.25) is 11.0 Å². The van der Waals surface area contributed by atoms with Gasteiger partial charge >= 0.3 is 6.18 Å². The van der Waals surface area contributed by atoms with Gasteiger partial charge in [-0.25, -0.2) is 12.8 Å². The van der Waals surface area contributed by atoms with Crippen molar-refractivity contribution in [2.75, 3.05) is 6.54 Å². The number of benzene rings is 2. The molecule has 0 bridgehead atoms. The molecule has 1 amide bonds. The fourth-order valence-electron chi connectivity index (χ4n) is 4.51. The van der Waals surface area contributed by atoms with Crippen molar-refractivity contribution in [2.45, 2.75) is 36.7 Å². The van der Waals surface area contributed by atoms with Crippen LogP contribution in [0, 0.1) is 5.82 Å². The maximum atomic E-state index is 13.5. The third-order valence-electron chi connectivity index (χ3n) is 6.42. The van der Waals surface area contributed by atoms with Crippen molar-refractivity contribution < 1.29 is 40.3 Å². The monoisotopic (exact) mass is 563 g/mol. The van der Waals surface area contributed by atoms with Crippen LogP contribution in [0.2, 0.25) is 0 Å². The zero-order chi connectivity index (χ0) is 27.9. The van der Waals surface area contributed by atoms with E-state index in [1.807, 2.05) is 0 Å². The highest BCUT2D eigenvalue weighted by Gasteiger charge is 2.41. The van der Waals surface area contributed by atoms with E-state index in [2.05, 4.69) is 10.3 Å². The van der Waals surface area contributed by atoms with Gasteiger partial charge < -0.3 is 14.8 Å². The molecule has 1 aliphatic rings. The molecule has 1 aliphatic heterocycles. The van der Waals surface area contributed by atoms with Crippen LogP contribution in [0.3, 0.4) is 0 Å². The third-order valence-corrected chi connectivity index (χ3v) is 8.19. The molecule has 3 heterocycles. The number of pyridine rings is 1. The predicted octanol–water partition coefficient (Wildman–Crippen LogP) is 4.83. The molecular formula is C26H21F4N3O5S. The number of sulfonamides is 1. The molecule has 0 spiro atoms. The third kappa shape index (κ3) is 5.32. The molecule has 0 unspecified atom stereocenters. The van der Waals surface area contributed by atoms with Crippen LogP contribution >= 0.6 is 0 Å². The number of hydrogen-bond acceptors (Lipinski definition) is 6. The van der Waals surface area contributed by atoms with Gasteiger partial charge in [0.25, 0.3) is 10.0 Å². The number of hydrogen-bond donors (Lipinski definition) is 2. The lowest BCUT2D eigenvalue weighted by atomic mass is 10.0. The molecule has 2 aromatic heterocycles. The minimum atomic E-state index is -4.60. The molecule has 13 heteroatoms. The van der Waals surface area contributed by atoms with E-state index in [1.165, 1.54) is 30.5 Å². The van der Waals surface area contributed by atoms with Gasteiger partial charge in [-0.15, -0.1) is 0 Å². The van der Waals surface area contributed by atoms with E-state index in [0.717, 1.165) is 28.6 Å². The van der Waals surface area contributed by atoms with Crippen LogP contribution in [0.15, 0.2) is 70.3 Å². The van der Waals surface area contributed by atoms with E-state index in [-0.39, 0.29) is 36.0 Å². The second-order valence-electron chi connectivity index (χ2n) is 9.00. The summed E-state index contributed by atoms with van der Waals surface area (Å²) in [5.41, 5.74) is 0.0758. The molecule has 1 saturated heterocycles. The lowest BCUT2D eigenvalue weighted by Crippen LogP contribution is -2.45. The van der Waals surface area contributed by atoms with Crippen molar-refractivity contribution in [3.8, 4) is 16.9 Å². The molecule has 1 atom stereocenters. The highest BCUT2D eigenvalue weighted by atomic mass is 32.2. The lowest BCUT2D eigenvalue weighted by Gasteiger charge is -2.22. The number of phenolic OH excluding ortho intramolecular Hbond substituents is 1. The lowest BCUT2D eigenvalue weighted by molar-refractivity contribution is -0.137. The topological polar surface area (TPSA) is 113 Å². The summed E-state index contributed by atoms with van der Waals surface area (Å²) in [6.45, 7) is -0.00483. The SMILES string of the molecule is O=C(NCc1cc(-c2ccc(C(F)(F)F)cc2O)ccn1)[C@@H]1CCCN1S(=O)(=O)c1cc2cc(F)ccc2o1. The summed E-state index contributed by atoms with van der Waals surface area (Å²) in [5, 5.41) is 12.7. The Morgan fingerprint density at radius 1 is 1.13 bits per heavy atom. The van der Waals surface area contributed by atoms with Gasteiger partial charge in [0.1, 0.15) is 23.2 Å². The van der Waals surface area contributed by atoms with Crippen LogP contribution in [-0.2, 0) is 27.5 Å². The first-order chi connectivity index (χ1) is 18.4. The molecule has 204 valence electrons. The van der Waals surface area contributed by atoms with Crippen LogP contribution in [0.5, 0.6) is 5.75 Å². The van der Waals surface area contributed by atoms with E-state index in [4.69, 9.17) is 4.42 Å². The molecule has 0 radical (unpaired) electrons. The molecule has 39 heavy (non-hydrogen) atoms. The van der Waals surface area contributed by atoms with Crippen LogP contribution in [0.25, 0.3) is 22.1 Å². The highest BCUT2D eigenvalue weighted by molar-refractivity contribution is 7.89. The Labute approximate surface area is 219 Å². The van der Waals surface area contributed by atoms with Crippen molar-refractivity contribution >= 4 is 26.9 Å². The molecule has 8 nitrogen and oxygen atoms in total. The molecule has 0 aliphatic carbocycles. The number of halogens is 4. The van der Waals surface area contributed by atoms with Crippen molar-refractivity contribution in [1.82, 2.24) is 14.6 Å². The second-order valence-corrected chi connectivity index (χ2v) is 10.8. The van der Waals surface area contributed by atoms with Crippen LogP contribution in [0.1, 0.15) is 24.1 Å². The Hall–Kier alpha value is -3.97. The fraction of sp³-hybridized carbons (Fsp3) is 0.231. The molecule has 5 rings (SSSR count). The van der Waals surface area contributed by atoms with Gasteiger partial charge in [0.05, 0.1) is 17.8 Å². The van der Waals surface area contributed by atoms with E-state index in [9.17, 15) is 35.9 Å². The number of carbonyl (C=O) groups excluding carboxylic acids is 1. The number of phenols is 1. The average molecular weight is 564 g/mol. The number of aromatic nitrogens is 1. The smallest absolute Gasteiger partial charge is 0.416 e. The largest absolute Gasteiger partial charge is 0.507 e. The first-order valence-electron chi connectivity index (χ1n) is 11.8. The zero-order valence-electron chi connectivity index (χ0n) is 20.1. The van der Waals surface area contributed by atoms with Gasteiger partial charge in [0.15, 0.2) is 0 Å². The van der Waals surface area contributed by atoms with E-state index in [0.29, 0.717) is 23.7 Å². The number of rotatable bonds is 6. The Kier molecular flexibility index (Phi) is 6.81. The molecule has 2 aromatic carbocycles. The Bertz CT molecular complexity index is 1670. The molecular weight excluding hydrogens is 542 g/mol. The maximum Gasteiger partial charge on any atom is 0.416 e. The number of aromatic hydroxyl groups is 1. The highest BCUT2D eigenvalue weighted by Crippen LogP contribution is 2.36. The van der Waals surface area contributed by atoms with Crippen molar-refractivity contribution in [1.29, 1.82) is 0 Å². The average Bonchev–Trinajstić information content (AvgIpc) is 3.55. The first kappa shape index (κ1) is 26.6. The normalized spacial score (nSPS) is 16.6. The number of nitrogens with zero attached hydrogens (tertiary/aromatic N) is 2. The predicted molar refractivity (Wildman–Crippen MR) is 131 cm³/mol. The molecule has 4 aromatic rings. The summed E-state index contributed by atoms with van der Waals surface area (Å²) in [4.78, 5) is 17.1. The molecule has 0 saturated carbocycles. The summed E-state index contributed by atoms with van der Waals surface area (Å²) in [6, 6.07) is 9.45. The number of nitrogens with one attached hydrogen (secondary N) is 1. The Morgan fingerprint density at radius 2 is 1.92 bits per heavy atom. The van der Waals surface area contributed by atoms with Gasteiger partial charge in [-0.1, -0.05) is 6.07 Å². The Morgan fingerprint density at radius 3 is 2.67 bits per heavy atom. The maximum absolute atomic E-state index is 13.5. The summed E-state index contributed by atoms with van der Waals surface area (Å²) < 4.78 is 85.2. The van der Waals surface area contributed by atoms with Gasteiger partial charge in [-0.2, -0.15) is 17.5 Å². The minimum absolute atomic E-state index is 0.0900. The van der Waals surface area contributed by atoms with E-state index < -0.39 is 50.4 Å². The van der Waals surface area contributed by atoms with E-state index in [1.54, 1.807) is 0 Å². The van der Waals surface area contributed by atoms with Gasteiger partial charge in [0, 0.05) is 29.8 Å². The summed E-state index contributed by atoms with van der Waals surface area (Å²) in [5.74, 6) is -1.68. The number of furan rings is 1. The minimum Gasteiger partial charge on any atom is -0.507 e. The Balaban J connectivity index is 1.30. The van der Waals surface area contributed by atoms with Crippen LogP contribution in [0.4, 0.5) is 17.6 Å². The van der Waals surface area contributed by atoms with Crippen LogP contribution in [-0.4, -0.2) is 41.3 Å². The van der Waals surface area contributed by atoms with Crippen molar-refractivity contribution in [2.24, 2.45) is 0 Å². The number of fused-ring (bicyclic) bond motifs is 1. The van der Waals surface area contributed by atoms with Gasteiger partial charge in [-0.05, 0) is 60.9 Å². The van der Waals surface area contributed by atoms with Crippen molar-refractivity contribution in [3.63, 3.8) is 0 Å². The quantitative estimate of drug-likeness (QED) is 0.325. The number of alkyl halides is 3. The van der Waals surface area contributed by atoms with Crippen molar-refractivity contribution in [3.05, 3.63) is 77.9 Å². The fourth-order valence-corrected chi connectivity index (χ4v) is 6.12. The first-order valence-corrected chi connectivity index (χ1v) is 13.2. The molecule has 2 N–H and O–H groups in total. The van der Waals surface area contributed by atoms with Crippen LogP contribution < -0.4 is 5.32 Å². The number of amides is 1.